The zero-order chi connectivity index (χ0) is 23.5. The van der Waals surface area contributed by atoms with Crippen molar-refractivity contribution in [2.45, 2.75) is 11.4 Å². The summed E-state index contributed by atoms with van der Waals surface area (Å²) in [6, 6.07) is 10.8. The summed E-state index contributed by atoms with van der Waals surface area (Å²) in [5.74, 6) is -0.951. The fourth-order valence-electron chi connectivity index (χ4n) is 3.04. The van der Waals surface area contributed by atoms with E-state index in [1.54, 1.807) is 24.3 Å². The number of nitrogens with two attached hydrogens (primary N) is 1. The maximum absolute atomic E-state index is 13.4. The number of ether oxygens (including phenoxy) is 1. The largest absolute Gasteiger partial charge is 0.497 e. The zero-order valence-electron chi connectivity index (χ0n) is 16.9. The van der Waals surface area contributed by atoms with Crippen molar-refractivity contribution in [3.8, 4) is 5.75 Å². The molecule has 0 saturated heterocycles. The SMILES string of the molecule is COc1ccc(CN(CC(=O)O)S(=O)(=O)c2ccc3c(Cl)cnc(NC(=N)N)c3c2)cc1. The summed E-state index contributed by atoms with van der Waals surface area (Å²) >= 11 is 6.17. The molecule has 0 fully saturated rings. The molecule has 0 aliphatic heterocycles. The lowest BCUT2D eigenvalue weighted by Gasteiger charge is -2.21. The third-order valence-corrected chi connectivity index (χ3v) is 6.62. The minimum Gasteiger partial charge on any atom is -0.497 e. The molecule has 3 rings (SSSR count). The summed E-state index contributed by atoms with van der Waals surface area (Å²) in [6.07, 6.45) is 1.35. The highest BCUT2D eigenvalue weighted by molar-refractivity contribution is 7.89. The number of methoxy groups -OCH3 is 1. The van der Waals surface area contributed by atoms with Gasteiger partial charge in [0.1, 0.15) is 18.1 Å². The number of benzene rings is 2. The van der Waals surface area contributed by atoms with Gasteiger partial charge in [-0.1, -0.05) is 29.8 Å². The van der Waals surface area contributed by atoms with E-state index in [0.29, 0.717) is 22.1 Å². The van der Waals surface area contributed by atoms with Crippen LogP contribution in [0.1, 0.15) is 5.56 Å². The predicted octanol–water partition coefficient (Wildman–Crippen LogP) is 2.48. The number of pyridine rings is 1. The Balaban J connectivity index is 2.06. The number of hydrogen-bond acceptors (Lipinski definition) is 6. The highest BCUT2D eigenvalue weighted by Gasteiger charge is 2.27. The number of nitrogens with one attached hydrogen (secondary N) is 2. The number of nitrogens with zero attached hydrogens (tertiary/aromatic N) is 2. The number of fused-ring (bicyclic) bond motifs is 1. The van der Waals surface area contributed by atoms with E-state index >= 15 is 0 Å². The highest BCUT2D eigenvalue weighted by Crippen LogP contribution is 2.31. The normalized spacial score (nSPS) is 11.5. The number of carboxylic acids is 1. The van der Waals surface area contributed by atoms with Gasteiger partial charge in [0.15, 0.2) is 5.96 Å². The van der Waals surface area contributed by atoms with Gasteiger partial charge in [0.25, 0.3) is 0 Å². The standard InChI is InChI=1S/C20H20ClN5O5S/c1-31-13-4-2-12(3-5-13)10-26(11-18(27)28)32(29,30)14-6-7-15-16(8-14)19(25-20(22)23)24-9-17(15)21/h2-9H,10-11H2,1H3,(H,27,28)(H4,22,23,24,25). The fourth-order valence-corrected chi connectivity index (χ4v) is 4.65. The number of guanidine groups is 1. The Kier molecular flexibility index (Phi) is 6.82. The van der Waals surface area contributed by atoms with Gasteiger partial charge in [0.05, 0.1) is 17.0 Å². The second-order valence-electron chi connectivity index (χ2n) is 6.72. The van der Waals surface area contributed by atoms with Gasteiger partial charge in [0, 0.05) is 23.5 Å². The molecule has 0 atom stereocenters. The maximum atomic E-state index is 13.4. The molecule has 32 heavy (non-hydrogen) atoms. The molecule has 0 unspecified atom stereocenters. The van der Waals surface area contributed by atoms with E-state index in [1.165, 1.54) is 31.5 Å². The van der Waals surface area contributed by atoms with Crippen LogP contribution in [0.5, 0.6) is 5.75 Å². The second-order valence-corrected chi connectivity index (χ2v) is 9.06. The monoisotopic (exact) mass is 477 g/mol. The van der Waals surface area contributed by atoms with Crippen LogP contribution in [0.15, 0.2) is 53.6 Å². The molecule has 1 aromatic heterocycles. The van der Waals surface area contributed by atoms with Crippen LogP contribution in [0.2, 0.25) is 5.02 Å². The van der Waals surface area contributed by atoms with Gasteiger partial charge >= 0.3 is 5.97 Å². The molecule has 2 aromatic carbocycles. The zero-order valence-corrected chi connectivity index (χ0v) is 18.4. The van der Waals surface area contributed by atoms with Gasteiger partial charge in [0.2, 0.25) is 10.0 Å². The molecule has 10 nitrogen and oxygen atoms in total. The van der Waals surface area contributed by atoms with E-state index < -0.39 is 22.5 Å². The average molecular weight is 478 g/mol. The Morgan fingerprint density at radius 2 is 1.94 bits per heavy atom. The Morgan fingerprint density at radius 1 is 1.25 bits per heavy atom. The number of aromatic nitrogens is 1. The van der Waals surface area contributed by atoms with Gasteiger partial charge in [-0.25, -0.2) is 13.4 Å². The van der Waals surface area contributed by atoms with Crippen LogP contribution in [0.25, 0.3) is 10.8 Å². The lowest BCUT2D eigenvalue weighted by atomic mass is 10.1. The van der Waals surface area contributed by atoms with Gasteiger partial charge in [-0.2, -0.15) is 4.31 Å². The molecule has 0 saturated carbocycles. The number of hydrogen-bond donors (Lipinski definition) is 4. The quantitative estimate of drug-likeness (QED) is 0.284. The van der Waals surface area contributed by atoms with Crippen LogP contribution < -0.4 is 15.8 Å². The summed E-state index contributed by atoms with van der Waals surface area (Å²) in [6.45, 7) is -0.901. The van der Waals surface area contributed by atoms with E-state index in [-0.39, 0.29) is 28.2 Å². The molecule has 3 aromatic rings. The number of carbonyl (C=O) groups is 1. The van der Waals surface area contributed by atoms with Crippen molar-refractivity contribution in [1.29, 1.82) is 5.41 Å². The molecule has 0 aliphatic rings. The molecule has 0 aliphatic carbocycles. The maximum Gasteiger partial charge on any atom is 0.318 e. The van der Waals surface area contributed by atoms with E-state index in [0.717, 1.165) is 4.31 Å². The van der Waals surface area contributed by atoms with Crippen LogP contribution in [-0.4, -0.2) is 48.4 Å². The first kappa shape index (κ1) is 23.3. The Morgan fingerprint density at radius 3 is 2.53 bits per heavy atom. The lowest BCUT2D eigenvalue weighted by Crippen LogP contribution is -2.35. The first-order valence-corrected chi connectivity index (χ1v) is 11.0. The molecule has 1 heterocycles. The summed E-state index contributed by atoms with van der Waals surface area (Å²) < 4.78 is 32.7. The summed E-state index contributed by atoms with van der Waals surface area (Å²) in [7, 11) is -2.72. The number of halogens is 1. The molecule has 5 N–H and O–H groups in total. The third kappa shape index (κ3) is 5.07. The number of anilines is 1. The van der Waals surface area contributed by atoms with Crippen molar-refractivity contribution < 1.29 is 23.1 Å². The van der Waals surface area contributed by atoms with E-state index in [1.807, 2.05) is 0 Å². The first-order chi connectivity index (χ1) is 15.1. The molecule has 0 spiro atoms. The minimum absolute atomic E-state index is 0.147. The van der Waals surface area contributed by atoms with Crippen molar-refractivity contribution in [3.63, 3.8) is 0 Å². The molecule has 0 amide bonds. The summed E-state index contributed by atoms with van der Waals surface area (Å²) in [4.78, 5) is 15.3. The van der Waals surface area contributed by atoms with Crippen LogP contribution in [0, 0.1) is 5.41 Å². The van der Waals surface area contributed by atoms with Gasteiger partial charge in [-0.05, 0) is 29.8 Å². The molecule has 0 bridgehead atoms. The molecular weight excluding hydrogens is 458 g/mol. The fraction of sp³-hybridized carbons (Fsp3) is 0.150. The Hall–Kier alpha value is -3.41. The first-order valence-electron chi connectivity index (χ1n) is 9.16. The van der Waals surface area contributed by atoms with Gasteiger partial charge in [-0.15, -0.1) is 0 Å². The van der Waals surface area contributed by atoms with Crippen molar-refractivity contribution in [1.82, 2.24) is 9.29 Å². The predicted molar refractivity (Wildman–Crippen MR) is 121 cm³/mol. The van der Waals surface area contributed by atoms with Crippen molar-refractivity contribution in [3.05, 3.63) is 59.2 Å². The van der Waals surface area contributed by atoms with Crippen LogP contribution in [-0.2, 0) is 21.4 Å². The molecule has 168 valence electrons. The smallest absolute Gasteiger partial charge is 0.318 e. The third-order valence-electron chi connectivity index (χ3n) is 4.53. The van der Waals surface area contributed by atoms with Crippen LogP contribution >= 0.6 is 11.6 Å². The average Bonchev–Trinajstić information content (AvgIpc) is 2.75. The highest BCUT2D eigenvalue weighted by atomic mass is 35.5. The number of aliphatic carboxylic acids is 1. The van der Waals surface area contributed by atoms with Gasteiger partial charge < -0.3 is 20.9 Å². The van der Waals surface area contributed by atoms with Crippen molar-refractivity contribution >= 4 is 50.1 Å². The Bertz CT molecular complexity index is 1280. The lowest BCUT2D eigenvalue weighted by molar-refractivity contribution is -0.137. The van der Waals surface area contributed by atoms with E-state index in [4.69, 9.17) is 27.5 Å². The van der Waals surface area contributed by atoms with E-state index in [9.17, 15) is 18.3 Å². The molecular formula is C20H20ClN5O5S. The van der Waals surface area contributed by atoms with Crippen molar-refractivity contribution in [2.24, 2.45) is 5.73 Å². The summed E-state index contributed by atoms with van der Waals surface area (Å²) in [5, 5.41) is 20.4. The minimum atomic E-state index is -4.22. The number of rotatable bonds is 8. The van der Waals surface area contributed by atoms with Crippen LogP contribution in [0.4, 0.5) is 5.82 Å². The molecule has 0 radical (unpaired) electrons. The molecule has 12 heteroatoms. The summed E-state index contributed by atoms with van der Waals surface area (Å²) in [5.41, 5.74) is 5.97. The topological polar surface area (TPSA) is 159 Å². The van der Waals surface area contributed by atoms with E-state index in [2.05, 4.69) is 10.3 Å². The Labute approximate surface area is 189 Å². The number of carboxylic acid groups (broad SMARTS) is 1. The number of sulfonamides is 1. The van der Waals surface area contributed by atoms with Crippen molar-refractivity contribution in [2.75, 3.05) is 19.0 Å². The van der Waals surface area contributed by atoms with Crippen LogP contribution in [0.3, 0.4) is 0 Å². The second kappa shape index (κ2) is 9.39. The van der Waals surface area contributed by atoms with Gasteiger partial charge in [-0.3, -0.25) is 10.2 Å².